The summed E-state index contributed by atoms with van der Waals surface area (Å²) in [7, 11) is 0. The van der Waals surface area contributed by atoms with Crippen LogP contribution in [0, 0.1) is 5.92 Å². The molecule has 6 nitrogen and oxygen atoms in total. The van der Waals surface area contributed by atoms with Crippen molar-refractivity contribution in [2.24, 2.45) is 5.92 Å². The molecule has 1 aromatic heterocycles. The van der Waals surface area contributed by atoms with Crippen LogP contribution in [-0.4, -0.2) is 58.2 Å². The number of likely N-dealkylation sites (tertiary alicyclic amines) is 1. The van der Waals surface area contributed by atoms with Crippen molar-refractivity contribution in [1.29, 1.82) is 0 Å². The molecular formula is C17H25N3O3. The van der Waals surface area contributed by atoms with Gasteiger partial charge in [0, 0.05) is 38.2 Å². The Morgan fingerprint density at radius 1 is 1.35 bits per heavy atom. The van der Waals surface area contributed by atoms with Gasteiger partial charge in [0.05, 0.1) is 18.8 Å². The van der Waals surface area contributed by atoms with Crippen molar-refractivity contribution >= 4 is 0 Å². The minimum absolute atomic E-state index is 0.0309. The zero-order valence-corrected chi connectivity index (χ0v) is 13.5. The summed E-state index contributed by atoms with van der Waals surface area (Å²) in [4.78, 5) is 14.4. The van der Waals surface area contributed by atoms with Crippen molar-refractivity contribution in [2.45, 2.75) is 44.2 Å². The highest BCUT2D eigenvalue weighted by molar-refractivity contribution is 5.22. The molecule has 0 aromatic carbocycles. The zero-order chi connectivity index (χ0) is 15.9. The van der Waals surface area contributed by atoms with Gasteiger partial charge in [-0.3, -0.25) is 9.69 Å². The number of β-amino-alcohol motifs (C(OH)–C–C–N with tert-alkyl or cyclic N) is 1. The first-order valence-electron chi connectivity index (χ1n) is 8.74. The molecule has 3 aliphatic rings. The second kappa shape index (κ2) is 6.00. The lowest BCUT2D eigenvalue weighted by Gasteiger charge is -2.44. The van der Waals surface area contributed by atoms with E-state index in [1.165, 1.54) is 0 Å². The summed E-state index contributed by atoms with van der Waals surface area (Å²) in [6, 6.07) is 1.77. The Labute approximate surface area is 136 Å². The maximum absolute atomic E-state index is 12.1. The molecule has 6 heteroatoms. The Morgan fingerprint density at radius 2 is 2.22 bits per heavy atom. The minimum atomic E-state index is -0.689. The molecule has 1 aliphatic carbocycles. The van der Waals surface area contributed by atoms with E-state index in [0.717, 1.165) is 63.1 Å². The molecule has 23 heavy (non-hydrogen) atoms. The third-order valence-electron chi connectivity index (χ3n) is 5.31. The van der Waals surface area contributed by atoms with E-state index in [4.69, 9.17) is 4.74 Å². The molecule has 2 saturated heterocycles. The first-order chi connectivity index (χ1) is 11.1. The van der Waals surface area contributed by atoms with Gasteiger partial charge in [0.2, 0.25) is 0 Å². The van der Waals surface area contributed by atoms with Gasteiger partial charge >= 0.3 is 0 Å². The van der Waals surface area contributed by atoms with E-state index < -0.39 is 5.60 Å². The molecule has 0 spiro atoms. The first kappa shape index (κ1) is 15.3. The highest BCUT2D eigenvalue weighted by Gasteiger charge is 2.37. The largest absolute Gasteiger partial charge is 0.386 e. The van der Waals surface area contributed by atoms with Crippen LogP contribution < -0.4 is 5.56 Å². The summed E-state index contributed by atoms with van der Waals surface area (Å²) in [5.74, 6) is 0.452. The van der Waals surface area contributed by atoms with Crippen LogP contribution in [0.1, 0.15) is 30.5 Å². The number of hydrogen-bond donors (Lipinski definition) is 1. The SMILES string of the molecule is O=c1cc2c(nn1CC1CN(CC3(O)CCCOC3)C1)CCC2. The molecule has 1 atom stereocenters. The van der Waals surface area contributed by atoms with E-state index in [2.05, 4.69) is 10.00 Å². The maximum atomic E-state index is 12.1. The fourth-order valence-electron chi connectivity index (χ4n) is 4.11. The summed E-state index contributed by atoms with van der Waals surface area (Å²) in [6.45, 7) is 4.42. The van der Waals surface area contributed by atoms with E-state index in [0.29, 0.717) is 25.6 Å². The first-order valence-corrected chi connectivity index (χ1v) is 8.74. The van der Waals surface area contributed by atoms with Crippen molar-refractivity contribution in [3.05, 3.63) is 27.7 Å². The standard InChI is InChI=1S/C17H25N3O3/c21-16-7-14-3-1-4-15(14)18-20(16)10-13-8-19(9-13)11-17(22)5-2-6-23-12-17/h7,13,22H,1-6,8-12H2. The van der Waals surface area contributed by atoms with Crippen LogP contribution in [0.5, 0.6) is 0 Å². The second-order valence-corrected chi connectivity index (χ2v) is 7.43. The second-order valence-electron chi connectivity index (χ2n) is 7.43. The van der Waals surface area contributed by atoms with Crippen LogP contribution in [0.15, 0.2) is 10.9 Å². The molecule has 2 aliphatic heterocycles. The molecule has 4 rings (SSSR count). The smallest absolute Gasteiger partial charge is 0.267 e. The molecule has 2 fully saturated rings. The van der Waals surface area contributed by atoms with Gasteiger partial charge in [0.15, 0.2) is 0 Å². The fourth-order valence-corrected chi connectivity index (χ4v) is 4.11. The summed E-state index contributed by atoms with van der Waals surface area (Å²) < 4.78 is 7.05. The molecule has 1 aromatic rings. The molecule has 1 N–H and O–H groups in total. The quantitative estimate of drug-likeness (QED) is 0.859. The van der Waals surface area contributed by atoms with Gasteiger partial charge in [0.1, 0.15) is 5.60 Å². The number of nitrogens with zero attached hydrogens (tertiary/aromatic N) is 3. The Hall–Kier alpha value is -1.24. The Balaban J connectivity index is 1.32. The molecule has 126 valence electrons. The van der Waals surface area contributed by atoms with Crippen molar-refractivity contribution in [3.63, 3.8) is 0 Å². The zero-order valence-electron chi connectivity index (χ0n) is 13.5. The van der Waals surface area contributed by atoms with Crippen LogP contribution in [0.4, 0.5) is 0 Å². The van der Waals surface area contributed by atoms with E-state index in [1.54, 1.807) is 10.7 Å². The van der Waals surface area contributed by atoms with Crippen molar-refractivity contribution in [3.8, 4) is 0 Å². The Bertz CT molecular complexity index is 630. The number of aliphatic hydroxyl groups is 1. The number of aromatic nitrogens is 2. The predicted molar refractivity (Wildman–Crippen MR) is 85.5 cm³/mol. The number of hydrogen-bond acceptors (Lipinski definition) is 5. The number of aryl methyl sites for hydroxylation is 2. The van der Waals surface area contributed by atoms with Gasteiger partial charge in [-0.25, -0.2) is 4.68 Å². The highest BCUT2D eigenvalue weighted by atomic mass is 16.5. The van der Waals surface area contributed by atoms with Crippen molar-refractivity contribution < 1.29 is 9.84 Å². The predicted octanol–water partition coefficient (Wildman–Crippen LogP) is 0.205. The molecule has 0 bridgehead atoms. The van der Waals surface area contributed by atoms with Gasteiger partial charge in [-0.15, -0.1) is 0 Å². The summed E-state index contributed by atoms with van der Waals surface area (Å²) in [6.07, 6.45) is 4.86. The minimum Gasteiger partial charge on any atom is -0.386 e. The Kier molecular flexibility index (Phi) is 3.99. The molecule has 0 radical (unpaired) electrons. The molecule has 1 unspecified atom stereocenters. The number of ether oxygens (including phenoxy) is 1. The van der Waals surface area contributed by atoms with Crippen molar-refractivity contribution in [1.82, 2.24) is 14.7 Å². The van der Waals surface area contributed by atoms with E-state index in [-0.39, 0.29) is 5.56 Å². The molecule has 3 heterocycles. The maximum Gasteiger partial charge on any atom is 0.267 e. The van der Waals surface area contributed by atoms with E-state index in [9.17, 15) is 9.90 Å². The lowest BCUT2D eigenvalue weighted by atomic mass is 9.92. The number of rotatable bonds is 4. The van der Waals surface area contributed by atoms with Crippen LogP contribution >= 0.6 is 0 Å². The van der Waals surface area contributed by atoms with Gasteiger partial charge in [0.25, 0.3) is 5.56 Å². The lowest BCUT2D eigenvalue weighted by Crippen LogP contribution is -2.57. The van der Waals surface area contributed by atoms with Crippen LogP contribution in [-0.2, 0) is 24.1 Å². The number of fused-ring (bicyclic) bond motifs is 1. The molecule has 0 saturated carbocycles. The summed E-state index contributed by atoms with van der Waals surface area (Å²) in [5, 5.41) is 15.0. The normalized spacial score (nSPS) is 28.6. The van der Waals surface area contributed by atoms with Crippen LogP contribution in [0.25, 0.3) is 0 Å². The highest BCUT2D eigenvalue weighted by Crippen LogP contribution is 2.25. The average molecular weight is 319 g/mol. The summed E-state index contributed by atoms with van der Waals surface area (Å²) in [5.41, 5.74) is 1.59. The summed E-state index contributed by atoms with van der Waals surface area (Å²) >= 11 is 0. The fraction of sp³-hybridized carbons (Fsp3) is 0.765. The van der Waals surface area contributed by atoms with Crippen molar-refractivity contribution in [2.75, 3.05) is 32.8 Å². The Morgan fingerprint density at radius 3 is 3.00 bits per heavy atom. The average Bonchev–Trinajstić information content (AvgIpc) is 2.93. The van der Waals surface area contributed by atoms with E-state index in [1.807, 2.05) is 0 Å². The lowest BCUT2D eigenvalue weighted by molar-refractivity contribution is -0.113. The molecular weight excluding hydrogens is 294 g/mol. The third kappa shape index (κ3) is 3.20. The van der Waals surface area contributed by atoms with Crippen LogP contribution in [0.2, 0.25) is 0 Å². The molecule has 0 amide bonds. The van der Waals surface area contributed by atoms with Gasteiger partial charge in [-0.1, -0.05) is 0 Å². The van der Waals surface area contributed by atoms with E-state index >= 15 is 0 Å². The van der Waals surface area contributed by atoms with Crippen LogP contribution in [0.3, 0.4) is 0 Å². The topological polar surface area (TPSA) is 67.6 Å². The monoisotopic (exact) mass is 319 g/mol. The van der Waals surface area contributed by atoms with Gasteiger partial charge in [-0.05, 0) is 37.7 Å². The van der Waals surface area contributed by atoms with Gasteiger partial charge < -0.3 is 9.84 Å². The van der Waals surface area contributed by atoms with Gasteiger partial charge in [-0.2, -0.15) is 5.10 Å². The third-order valence-corrected chi connectivity index (χ3v) is 5.31.